The number of anilines is 1. The Labute approximate surface area is 148 Å². The molecule has 0 bridgehead atoms. The van der Waals surface area contributed by atoms with Crippen LogP contribution in [0.4, 0.5) is 5.69 Å². The number of nitriles is 1. The molecule has 0 aromatic heterocycles. The lowest BCUT2D eigenvalue weighted by Crippen LogP contribution is -2.15. The second-order valence-electron chi connectivity index (χ2n) is 5.90. The van der Waals surface area contributed by atoms with Crippen molar-refractivity contribution < 1.29 is 9.53 Å². The van der Waals surface area contributed by atoms with Crippen LogP contribution in [0, 0.1) is 32.1 Å². The highest BCUT2D eigenvalue weighted by Crippen LogP contribution is 2.23. The third-order valence-corrected chi connectivity index (χ3v) is 3.78. The van der Waals surface area contributed by atoms with Crippen LogP contribution < -0.4 is 10.1 Å². The predicted octanol–water partition coefficient (Wildman–Crippen LogP) is 4.56. The van der Waals surface area contributed by atoms with Gasteiger partial charge in [-0.3, -0.25) is 4.79 Å². The first-order valence-electron chi connectivity index (χ1n) is 8.18. The van der Waals surface area contributed by atoms with E-state index in [-0.39, 0.29) is 5.57 Å². The third-order valence-electron chi connectivity index (χ3n) is 3.78. The maximum absolute atomic E-state index is 12.5. The summed E-state index contributed by atoms with van der Waals surface area (Å²) < 4.78 is 5.39. The predicted molar refractivity (Wildman–Crippen MR) is 100 cm³/mol. The molecule has 0 spiro atoms. The molecule has 4 heteroatoms. The van der Waals surface area contributed by atoms with Crippen LogP contribution in [0.5, 0.6) is 5.75 Å². The summed E-state index contributed by atoms with van der Waals surface area (Å²) in [5, 5.41) is 12.2. The van der Waals surface area contributed by atoms with E-state index in [0.717, 1.165) is 33.7 Å². The van der Waals surface area contributed by atoms with Gasteiger partial charge in [-0.1, -0.05) is 29.8 Å². The molecule has 4 nitrogen and oxygen atoms in total. The molecule has 2 aromatic carbocycles. The molecule has 128 valence electrons. The largest absolute Gasteiger partial charge is 0.494 e. The van der Waals surface area contributed by atoms with E-state index in [2.05, 4.69) is 5.32 Å². The minimum Gasteiger partial charge on any atom is -0.494 e. The Morgan fingerprint density at radius 2 is 1.76 bits per heavy atom. The van der Waals surface area contributed by atoms with Gasteiger partial charge < -0.3 is 10.1 Å². The fraction of sp³-hybridized carbons (Fsp3) is 0.238. The van der Waals surface area contributed by atoms with Crippen molar-refractivity contribution in [2.45, 2.75) is 27.7 Å². The van der Waals surface area contributed by atoms with Gasteiger partial charge in [-0.2, -0.15) is 5.26 Å². The molecule has 0 heterocycles. The van der Waals surface area contributed by atoms with Gasteiger partial charge in [0.05, 0.1) is 6.61 Å². The summed E-state index contributed by atoms with van der Waals surface area (Å²) in [5.74, 6) is 0.347. The molecule has 1 amide bonds. The number of ether oxygens (including phenoxy) is 1. The number of rotatable bonds is 5. The molecule has 2 aromatic rings. The molecule has 0 aliphatic carbocycles. The molecule has 0 unspecified atom stereocenters. The van der Waals surface area contributed by atoms with Gasteiger partial charge in [-0.15, -0.1) is 0 Å². The van der Waals surface area contributed by atoms with Crippen molar-refractivity contribution in [2.75, 3.05) is 11.9 Å². The van der Waals surface area contributed by atoms with Crippen LogP contribution in [0.25, 0.3) is 6.08 Å². The first kappa shape index (κ1) is 18.3. The summed E-state index contributed by atoms with van der Waals surface area (Å²) in [4.78, 5) is 12.5. The second kappa shape index (κ2) is 8.16. The summed E-state index contributed by atoms with van der Waals surface area (Å²) >= 11 is 0. The lowest BCUT2D eigenvalue weighted by Gasteiger charge is -2.12. The highest BCUT2D eigenvalue weighted by molar-refractivity contribution is 6.10. The Hall–Kier alpha value is -3.06. The smallest absolute Gasteiger partial charge is 0.266 e. The van der Waals surface area contributed by atoms with Crippen LogP contribution in [-0.2, 0) is 4.79 Å². The minimum atomic E-state index is -0.411. The number of amides is 1. The maximum atomic E-state index is 12.5. The monoisotopic (exact) mass is 334 g/mol. The average molecular weight is 334 g/mol. The summed E-state index contributed by atoms with van der Waals surface area (Å²) in [5.41, 5.74) is 4.67. The maximum Gasteiger partial charge on any atom is 0.266 e. The zero-order valence-corrected chi connectivity index (χ0v) is 15.0. The number of carbonyl (C=O) groups excluding carboxylic acids is 1. The summed E-state index contributed by atoms with van der Waals surface area (Å²) in [7, 11) is 0. The van der Waals surface area contributed by atoms with Gasteiger partial charge in [0, 0.05) is 5.69 Å². The van der Waals surface area contributed by atoms with Crippen molar-refractivity contribution in [1.82, 2.24) is 0 Å². The first-order chi connectivity index (χ1) is 11.9. The Morgan fingerprint density at radius 1 is 1.16 bits per heavy atom. The van der Waals surface area contributed by atoms with Crippen molar-refractivity contribution in [2.24, 2.45) is 0 Å². The number of hydrogen-bond acceptors (Lipinski definition) is 3. The second-order valence-corrected chi connectivity index (χ2v) is 5.90. The van der Waals surface area contributed by atoms with E-state index in [0.29, 0.717) is 6.61 Å². The Kier molecular flexibility index (Phi) is 5.97. The fourth-order valence-corrected chi connectivity index (χ4v) is 2.70. The zero-order valence-electron chi connectivity index (χ0n) is 15.0. The van der Waals surface area contributed by atoms with Gasteiger partial charge in [0.1, 0.15) is 17.4 Å². The van der Waals surface area contributed by atoms with Crippen molar-refractivity contribution >= 4 is 17.7 Å². The van der Waals surface area contributed by atoms with Gasteiger partial charge in [-0.05, 0) is 62.6 Å². The normalized spacial score (nSPS) is 10.9. The number of carbonyl (C=O) groups is 1. The molecule has 0 aliphatic heterocycles. The molecular formula is C21H22N2O2. The zero-order chi connectivity index (χ0) is 18.4. The molecule has 25 heavy (non-hydrogen) atoms. The SMILES string of the molecule is CCOc1ccc(/C=C(\C#N)C(=O)Nc2c(C)cc(C)cc2C)cc1. The van der Waals surface area contributed by atoms with E-state index in [1.54, 1.807) is 6.08 Å². The molecule has 0 saturated heterocycles. The molecule has 2 rings (SSSR count). The van der Waals surface area contributed by atoms with Gasteiger partial charge >= 0.3 is 0 Å². The van der Waals surface area contributed by atoms with Gasteiger partial charge in [-0.25, -0.2) is 0 Å². The highest BCUT2D eigenvalue weighted by Gasteiger charge is 2.13. The number of nitrogens with one attached hydrogen (secondary N) is 1. The van der Waals surface area contributed by atoms with E-state index in [4.69, 9.17) is 4.74 Å². The minimum absolute atomic E-state index is 0.0588. The number of nitrogens with zero attached hydrogens (tertiary/aromatic N) is 1. The van der Waals surface area contributed by atoms with Crippen molar-refractivity contribution in [3.05, 3.63) is 64.2 Å². The third kappa shape index (κ3) is 4.71. The van der Waals surface area contributed by atoms with Crippen LogP contribution >= 0.6 is 0 Å². The van der Waals surface area contributed by atoms with Gasteiger partial charge in [0.25, 0.3) is 5.91 Å². The van der Waals surface area contributed by atoms with Crippen LogP contribution in [0.2, 0.25) is 0 Å². The van der Waals surface area contributed by atoms with Gasteiger partial charge in [0.15, 0.2) is 0 Å². The fourth-order valence-electron chi connectivity index (χ4n) is 2.70. The quantitative estimate of drug-likeness (QED) is 0.644. The number of hydrogen-bond donors (Lipinski definition) is 1. The number of benzene rings is 2. The molecule has 0 atom stereocenters. The lowest BCUT2D eigenvalue weighted by molar-refractivity contribution is -0.112. The Bertz CT molecular complexity index is 820. The van der Waals surface area contributed by atoms with E-state index >= 15 is 0 Å². The van der Waals surface area contributed by atoms with Crippen LogP contribution in [0.3, 0.4) is 0 Å². The molecule has 0 radical (unpaired) electrons. The van der Waals surface area contributed by atoms with E-state index < -0.39 is 5.91 Å². The van der Waals surface area contributed by atoms with Crippen LogP contribution in [0.1, 0.15) is 29.2 Å². The van der Waals surface area contributed by atoms with Gasteiger partial charge in [0.2, 0.25) is 0 Å². The lowest BCUT2D eigenvalue weighted by atomic mass is 10.0. The molecule has 0 fully saturated rings. The van der Waals surface area contributed by atoms with E-state index in [1.807, 2.05) is 70.2 Å². The van der Waals surface area contributed by atoms with E-state index in [9.17, 15) is 10.1 Å². The summed E-state index contributed by atoms with van der Waals surface area (Å²) in [6.07, 6.45) is 1.57. The van der Waals surface area contributed by atoms with E-state index in [1.165, 1.54) is 0 Å². The van der Waals surface area contributed by atoms with Crippen LogP contribution in [0.15, 0.2) is 42.0 Å². The highest BCUT2D eigenvalue weighted by atomic mass is 16.5. The summed E-state index contributed by atoms with van der Waals surface area (Å²) in [6.45, 7) is 8.41. The van der Waals surface area contributed by atoms with Crippen molar-refractivity contribution in [3.63, 3.8) is 0 Å². The Balaban J connectivity index is 2.23. The molecule has 1 N–H and O–H groups in total. The Morgan fingerprint density at radius 3 is 2.28 bits per heavy atom. The van der Waals surface area contributed by atoms with Crippen molar-refractivity contribution in [1.29, 1.82) is 5.26 Å². The first-order valence-corrected chi connectivity index (χ1v) is 8.18. The topological polar surface area (TPSA) is 62.1 Å². The standard InChI is InChI=1S/C21H22N2O2/c1-5-25-19-8-6-17(7-9-19)12-18(13-22)21(24)23-20-15(3)10-14(2)11-16(20)4/h6-12H,5H2,1-4H3,(H,23,24)/b18-12+. The van der Waals surface area contributed by atoms with Crippen LogP contribution in [-0.4, -0.2) is 12.5 Å². The molecule has 0 aliphatic rings. The average Bonchev–Trinajstić information content (AvgIpc) is 2.57. The molecular weight excluding hydrogens is 312 g/mol. The number of aryl methyl sites for hydroxylation is 3. The van der Waals surface area contributed by atoms with Crippen molar-refractivity contribution in [3.8, 4) is 11.8 Å². The summed E-state index contributed by atoms with van der Waals surface area (Å²) in [6, 6.07) is 13.3. The molecule has 0 saturated carbocycles.